The maximum atomic E-state index is 13.6. The van der Waals surface area contributed by atoms with Crippen molar-refractivity contribution in [3.05, 3.63) is 88.9 Å². The fourth-order valence-corrected chi connectivity index (χ4v) is 8.90. The maximum Gasteiger partial charge on any atom is 0.264 e. The summed E-state index contributed by atoms with van der Waals surface area (Å²) in [7, 11) is -3.99. The molecule has 4 aliphatic carbocycles. The number of carbonyl (C=O) groups excluding carboxylic acids is 1. The van der Waals surface area contributed by atoms with Crippen LogP contribution in [0.1, 0.15) is 49.1 Å². The largest absolute Gasteiger partial charge is 0.325 e. The first-order valence-corrected chi connectivity index (χ1v) is 15.3. The van der Waals surface area contributed by atoms with Crippen LogP contribution in [-0.4, -0.2) is 20.9 Å². The maximum absolute atomic E-state index is 13.6. The molecule has 1 N–H and O–H groups in total. The molecule has 198 valence electrons. The van der Waals surface area contributed by atoms with Crippen molar-refractivity contribution in [1.82, 2.24) is 0 Å². The Morgan fingerprint density at radius 2 is 1.42 bits per heavy atom. The van der Waals surface area contributed by atoms with E-state index in [1.54, 1.807) is 12.1 Å². The summed E-state index contributed by atoms with van der Waals surface area (Å²) in [6, 6.07) is 21.3. The molecule has 3 aromatic rings. The summed E-state index contributed by atoms with van der Waals surface area (Å²) in [4.78, 5) is 13.2. The van der Waals surface area contributed by atoms with Gasteiger partial charge in [-0.15, -0.1) is 0 Å². The average Bonchev–Trinajstić information content (AvgIpc) is 2.88. The third kappa shape index (κ3) is 4.96. The van der Waals surface area contributed by atoms with E-state index < -0.39 is 15.9 Å². The Labute approximate surface area is 230 Å². The summed E-state index contributed by atoms with van der Waals surface area (Å²) in [6.07, 6.45) is 6.92. The molecule has 3 aromatic carbocycles. The molecular weight excluding hydrogens is 516 g/mol. The summed E-state index contributed by atoms with van der Waals surface area (Å²) >= 11 is 5.97. The third-order valence-electron chi connectivity index (χ3n) is 8.82. The van der Waals surface area contributed by atoms with Gasteiger partial charge in [0.15, 0.2) is 0 Å². The first-order valence-electron chi connectivity index (χ1n) is 13.5. The van der Waals surface area contributed by atoms with Gasteiger partial charge in [-0.25, -0.2) is 8.42 Å². The van der Waals surface area contributed by atoms with Gasteiger partial charge in [-0.1, -0.05) is 41.4 Å². The molecule has 0 heterocycles. The predicted molar refractivity (Wildman–Crippen MR) is 152 cm³/mol. The lowest BCUT2D eigenvalue weighted by molar-refractivity contribution is -0.114. The molecule has 0 saturated heterocycles. The molecule has 4 fully saturated rings. The highest BCUT2D eigenvalue weighted by Crippen LogP contribution is 2.59. The average molecular weight is 549 g/mol. The molecule has 7 rings (SSSR count). The third-order valence-corrected chi connectivity index (χ3v) is 10.9. The fraction of sp³-hybridized carbons (Fsp3) is 0.387. The van der Waals surface area contributed by atoms with Crippen LogP contribution in [-0.2, 0) is 14.8 Å². The van der Waals surface area contributed by atoms with E-state index >= 15 is 0 Å². The quantitative estimate of drug-likeness (QED) is 0.345. The van der Waals surface area contributed by atoms with Crippen molar-refractivity contribution in [2.24, 2.45) is 23.7 Å². The molecule has 4 saturated carbocycles. The van der Waals surface area contributed by atoms with E-state index in [9.17, 15) is 13.2 Å². The first kappa shape index (κ1) is 25.4. The molecular formula is C31H33ClN2O3S. The van der Waals surface area contributed by atoms with Crippen molar-refractivity contribution in [2.45, 2.75) is 49.8 Å². The Morgan fingerprint density at radius 3 is 2.00 bits per heavy atom. The van der Waals surface area contributed by atoms with Crippen LogP contribution in [0.15, 0.2) is 77.7 Å². The summed E-state index contributed by atoms with van der Waals surface area (Å²) in [6.45, 7) is 1.59. The summed E-state index contributed by atoms with van der Waals surface area (Å²) in [5.74, 6) is 3.71. The highest BCUT2D eigenvalue weighted by Gasteiger charge is 2.48. The van der Waals surface area contributed by atoms with Gasteiger partial charge in [0.1, 0.15) is 6.54 Å². The SMILES string of the molecule is Cc1ccc(N(CC(=O)Nc2ccc(C3C4CC5CC(C4)CC3C5)cc2)S(=O)(=O)c2ccc(Cl)cc2)cc1. The Kier molecular flexibility index (Phi) is 6.73. The van der Waals surface area contributed by atoms with Crippen molar-refractivity contribution in [1.29, 1.82) is 0 Å². The van der Waals surface area contributed by atoms with Gasteiger partial charge in [0.25, 0.3) is 10.0 Å². The minimum absolute atomic E-state index is 0.0790. The second-order valence-corrected chi connectivity index (χ2v) is 13.7. The smallest absolute Gasteiger partial charge is 0.264 e. The molecule has 0 radical (unpaired) electrons. The predicted octanol–water partition coefficient (Wildman–Crippen LogP) is 7.02. The minimum atomic E-state index is -3.99. The van der Waals surface area contributed by atoms with Crippen LogP contribution in [0, 0.1) is 30.6 Å². The normalized spacial score (nSPS) is 25.8. The number of amides is 1. The van der Waals surface area contributed by atoms with Gasteiger partial charge in [0.05, 0.1) is 10.6 Å². The Balaban J connectivity index is 1.19. The number of aryl methyl sites for hydroxylation is 1. The van der Waals surface area contributed by atoms with E-state index in [-0.39, 0.29) is 11.4 Å². The summed E-state index contributed by atoms with van der Waals surface area (Å²) < 4.78 is 28.3. The monoisotopic (exact) mass is 548 g/mol. The number of nitrogens with zero attached hydrogens (tertiary/aromatic N) is 1. The van der Waals surface area contributed by atoms with Gasteiger partial charge >= 0.3 is 0 Å². The molecule has 38 heavy (non-hydrogen) atoms. The highest BCUT2D eigenvalue weighted by molar-refractivity contribution is 7.92. The van der Waals surface area contributed by atoms with Gasteiger partial charge in [-0.05, 0) is 123 Å². The van der Waals surface area contributed by atoms with Crippen LogP contribution in [0.3, 0.4) is 0 Å². The molecule has 4 aliphatic rings. The number of sulfonamides is 1. The van der Waals surface area contributed by atoms with Crippen LogP contribution in [0.4, 0.5) is 11.4 Å². The van der Waals surface area contributed by atoms with E-state index in [1.807, 2.05) is 31.2 Å². The van der Waals surface area contributed by atoms with Crippen LogP contribution in [0.25, 0.3) is 0 Å². The van der Waals surface area contributed by atoms with Crippen LogP contribution < -0.4 is 9.62 Å². The minimum Gasteiger partial charge on any atom is -0.325 e. The zero-order valence-electron chi connectivity index (χ0n) is 21.5. The number of hydrogen-bond acceptors (Lipinski definition) is 3. The lowest BCUT2D eigenvalue weighted by Gasteiger charge is -2.54. The van der Waals surface area contributed by atoms with Crippen molar-refractivity contribution < 1.29 is 13.2 Å². The molecule has 0 aromatic heterocycles. The van der Waals surface area contributed by atoms with Crippen LogP contribution >= 0.6 is 11.6 Å². The molecule has 0 spiro atoms. The molecule has 0 aliphatic heterocycles. The first-order chi connectivity index (χ1) is 18.3. The van der Waals surface area contributed by atoms with Gasteiger partial charge in [-0.3, -0.25) is 9.10 Å². The number of anilines is 2. The van der Waals surface area contributed by atoms with Gasteiger partial charge in [0.2, 0.25) is 5.91 Å². The number of hydrogen-bond donors (Lipinski definition) is 1. The van der Waals surface area contributed by atoms with E-state index in [0.717, 1.165) is 33.5 Å². The van der Waals surface area contributed by atoms with Crippen molar-refractivity contribution in [3.63, 3.8) is 0 Å². The van der Waals surface area contributed by atoms with E-state index in [4.69, 9.17) is 11.6 Å². The number of halogens is 1. The van der Waals surface area contributed by atoms with Crippen molar-refractivity contribution in [3.8, 4) is 0 Å². The summed E-state index contributed by atoms with van der Waals surface area (Å²) in [5, 5.41) is 3.36. The van der Waals surface area contributed by atoms with Gasteiger partial charge in [0, 0.05) is 10.7 Å². The summed E-state index contributed by atoms with van der Waals surface area (Å²) in [5.41, 5.74) is 3.48. The lowest BCUT2D eigenvalue weighted by Crippen LogP contribution is -2.43. The number of nitrogens with one attached hydrogen (secondary N) is 1. The topological polar surface area (TPSA) is 66.5 Å². The Morgan fingerprint density at radius 1 is 0.842 bits per heavy atom. The lowest BCUT2D eigenvalue weighted by atomic mass is 9.51. The standard InChI is InChI=1S/C31H33ClN2O3S/c1-20-2-10-28(11-3-20)34(38(36,37)29-12-6-26(32)7-13-29)19-30(35)33-27-8-4-23(5-9-27)31-24-15-21-14-22(17-24)18-25(31)16-21/h2-13,21-22,24-25,31H,14-19H2,1H3,(H,33,35). The van der Waals surface area contributed by atoms with E-state index in [0.29, 0.717) is 22.3 Å². The molecule has 1 amide bonds. The van der Waals surface area contributed by atoms with Crippen LogP contribution in [0.2, 0.25) is 5.02 Å². The van der Waals surface area contributed by atoms with Gasteiger partial charge in [-0.2, -0.15) is 0 Å². The molecule has 0 atom stereocenters. The zero-order valence-corrected chi connectivity index (χ0v) is 23.1. The van der Waals surface area contributed by atoms with E-state index in [2.05, 4.69) is 17.4 Å². The van der Waals surface area contributed by atoms with Gasteiger partial charge < -0.3 is 5.32 Å². The number of benzene rings is 3. The highest BCUT2D eigenvalue weighted by atomic mass is 35.5. The van der Waals surface area contributed by atoms with E-state index in [1.165, 1.54) is 61.9 Å². The van der Waals surface area contributed by atoms with Crippen LogP contribution in [0.5, 0.6) is 0 Å². The van der Waals surface area contributed by atoms with Crippen molar-refractivity contribution >= 4 is 38.9 Å². The fourth-order valence-electron chi connectivity index (χ4n) is 7.35. The second kappa shape index (κ2) is 10.0. The Hall–Kier alpha value is -2.83. The molecule has 4 bridgehead atoms. The molecule has 7 heteroatoms. The Bertz CT molecular complexity index is 1390. The number of rotatable bonds is 7. The van der Waals surface area contributed by atoms with Crippen molar-refractivity contribution in [2.75, 3.05) is 16.2 Å². The zero-order chi connectivity index (χ0) is 26.4. The molecule has 0 unspecified atom stereocenters. The molecule has 5 nitrogen and oxygen atoms in total. The second-order valence-electron chi connectivity index (χ2n) is 11.4. The number of carbonyl (C=O) groups is 1.